The van der Waals surface area contributed by atoms with Crippen LogP contribution in [0.2, 0.25) is 0 Å². The van der Waals surface area contributed by atoms with Crippen molar-refractivity contribution in [2.45, 2.75) is 37.5 Å². The predicted molar refractivity (Wildman–Crippen MR) is 127 cm³/mol. The highest BCUT2D eigenvalue weighted by atomic mass is 32.2. The maximum absolute atomic E-state index is 12.7. The number of nitrogens with one attached hydrogen (secondary N) is 1. The van der Waals surface area contributed by atoms with Gasteiger partial charge in [-0.2, -0.15) is 9.41 Å². The van der Waals surface area contributed by atoms with Gasteiger partial charge in [-0.25, -0.2) is 13.4 Å². The summed E-state index contributed by atoms with van der Waals surface area (Å²) in [5.74, 6) is 0.507. The molecule has 162 valence electrons. The Morgan fingerprint density at radius 3 is 2.39 bits per heavy atom. The summed E-state index contributed by atoms with van der Waals surface area (Å²) in [6.07, 6.45) is 3.62. The number of benzene rings is 2. The molecule has 4 rings (SSSR count). The fraction of sp³-hybridized carbons (Fsp3) is 0.304. The summed E-state index contributed by atoms with van der Waals surface area (Å²) in [6.45, 7) is 5.55. The van der Waals surface area contributed by atoms with Crippen molar-refractivity contribution in [3.8, 4) is 11.3 Å². The van der Waals surface area contributed by atoms with E-state index in [1.54, 1.807) is 34.8 Å². The summed E-state index contributed by atoms with van der Waals surface area (Å²) in [5.41, 5.74) is 6.94. The van der Waals surface area contributed by atoms with E-state index in [-0.39, 0.29) is 0 Å². The van der Waals surface area contributed by atoms with Gasteiger partial charge in [-0.1, -0.05) is 50.2 Å². The number of hydrogen-bond donors (Lipinski definition) is 1. The minimum absolute atomic E-state index is 0.333. The second-order valence-corrected chi connectivity index (χ2v) is 10.7. The smallest absolute Gasteiger partial charge is 0.243 e. The van der Waals surface area contributed by atoms with E-state index in [1.807, 2.05) is 17.5 Å². The van der Waals surface area contributed by atoms with Gasteiger partial charge in [0.05, 0.1) is 16.8 Å². The van der Waals surface area contributed by atoms with Crippen LogP contribution in [0.15, 0.2) is 63.9 Å². The first-order valence-electron chi connectivity index (χ1n) is 10.4. The van der Waals surface area contributed by atoms with Crippen LogP contribution in [0.1, 0.15) is 43.7 Å². The molecule has 0 atom stereocenters. The summed E-state index contributed by atoms with van der Waals surface area (Å²) in [4.78, 5) is 4.89. The van der Waals surface area contributed by atoms with E-state index in [0.717, 1.165) is 29.7 Å². The molecule has 1 fully saturated rings. The SMILES string of the molecule is CC(C)c1ccc(C=NNc2nc(-c3ccc(S(=O)(=O)N4CCCC4)cc3)cs2)cc1. The normalized spacial score (nSPS) is 15.2. The third kappa shape index (κ3) is 5.03. The van der Waals surface area contributed by atoms with E-state index < -0.39 is 10.0 Å². The van der Waals surface area contributed by atoms with Crippen molar-refractivity contribution in [1.82, 2.24) is 9.29 Å². The highest BCUT2D eigenvalue weighted by Gasteiger charge is 2.26. The number of anilines is 1. The van der Waals surface area contributed by atoms with Crippen LogP contribution >= 0.6 is 11.3 Å². The fourth-order valence-corrected chi connectivity index (χ4v) is 5.65. The average molecular weight is 455 g/mol. The summed E-state index contributed by atoms with van der Waals surface area (Å²) in [6, 6.07) is 15.3. The Kier molecular flexibility index (Phi) is 6.50. The maximum atomic E-state index is 12.7. The Hall–Kier alpha value is -2.55. The first kappa shape index (κ1) is 21.7. The van der Waals surface area contributed by atoms with Crippen LogP contribution in [0.25, 0.3) is 11.3 Å². The lowest BCUT2D eigenvalue weighted by atomic mass is 10.0. The summed E-state index contributed by atoms with van der Waals surface area (Å²) in [5, 5.41) is 6.88. The zero-order valence-corrected chi connectivity index (χ0v) is 19.3. The molecule has 31 heavy (non-hydrogen) atoms. The van der Waals surface area contributed by atoms with Crippen molar-refractivity contribution < 1.29 is 8.42 Å². The molecule has 8 heteroatoms. The third-order valence-electron chi connectivity index (χ3n) is 5.33. The van der Waals surface area contributed by atoms with Gasteiger partial charge in [-0.05, 0) is 42.0 Å². The molecule has 2 aromatic carbocycles. The molecule has 1 aliphatic heterocycles. The van der Waals surface area contributed by atoms with Crippen molar-refractivity contribution in [2.75, 3.05) is 18.5 Å². The van der Waals surface area contributed by atoms with E-state index in [1.165, 1.54) is 16.9 Å². The lowest BCUT2D eigenvalue weighted by molar-refractivity contribution is 0.477. The van der Waals surface area contributed by atoms with Crippen LogP contribution in [0.3, 0.4) is 0 Å². The van der Waals surface area contributed by atoms with Crippen molar-refractivity contribution in [1.29, 1.82) is 0 Å². The molecule has 0 saturated carbocycles. The molecule has 0 bridgehead atoms. The Bertz CT molecular complexity index is 1150. The molecule has 6 nitrogen and oxygen atoms in total. The lowest BCUT2D eigenvalue weighted by Crippen LogP contribution is -2.27. The van der Waals surface area contributed by atoms with Gasteiger partial charge >= 0.3 is 0 Å². The van der Waals surface area contributed by atoms with Gasteiger partial charge in [-0.15, -0.1) is 11.3 Å². The van der Waals surface area contributed by atoms with Crippen LogP contribution in [-0.2, 0) is 10.0 Å². The summed E-state index contributed by atoms with van der Waals surface area (Å²) >= 11 is 1.45. The number of hydrazone groups is 1. The minimum atomic E-state index is -3.39. The van der Waals surface area contributed by atoms with E-state index >= 15 is 0 Å². The Morgan fingerprint density at radius 1 is 1.06 bits per heavy atom. The van der Waals surface area contributed by atoms with E-state index in [9.17, 15) is 8.42 Å². The molecule has 2 heterocycles. The van der Waals surface area contributed by atoms with Crippen molar-refractivity contribution in [2.24, 2.45) is 5.10 Å². The van der Waals surface area contributed by atoms with Gasteiger partial charge < -0.3 is 0 Å². The standard InChI is InChI=1S/C23H26N4O2S2/c1-17(2)19-7-5-18(6-8-19)15-24-26-23-25-22(16-30-23)20-9-11-21(12-10-20)31(28,29)27-13-3-4-14-27/h5-12,15-17H,3-4,13-14H2,1-2H3,(H,25,26). The summed E-state index contributed by atoms with van der Waals surface area (Å²) < 4.78 is 26.9. The molecule has 1 aliphatic rings. The highest BCUT2D eigenvalue weighted by molar-refractivity contribution is 7.89. The van der Waals surface area contributed by atoms with Crippen molar-refractivity contribution in [3.63, 3.8) is 0 Å². The number of nitrogens with zero attached hydrogens (tertiary/aromatic N) is 3. The van der Waals surface area contributed by atoms with Crippen molar-refractivity contribution >= 4 is 32.7 Å². The molecule has 0 amide bonds. The molecule has 0 unspecified atom stereocenters. The van der Waals surface area contributed by atoms with Crippen LogP contribution < -0.4 is 5.43 Å². The van der Waals surface area contributed by atoms with Gasteiger partial charge in [-0.3, -0.25) is 5.43 Å². The first-order valence-corrected chi connectivity index (χ1v) is 12.7. The number of thiazole rings is 1. The second-order valence-electron chi connectivity index (χ2n) is 7.86. The van der Waals surface area contributed by atoms with E-state index in [0.29, 0.717) is 29.0 Å². The third-order valence-corrected chi connectivity index (χ3v) is 7.99. The van der Waals surface area contributed by atoms with Gasteiger partial charge in [0.2, 0.25) is 15.2 Å². The van der Waals surface area contributed by atoms with Gasteiger partial charge in [0.1, 0.15) is 0 Å². The zero-order valence-electron chi connectivity index (χ0n) is 17.7. The topological polar surface area (TPSA) is 74.7 Å². The monoisotopic (exact) mass is 454 g/mol. The minimum Gasteiger partial charge on any atom is -0.253 e. The van der Waals surface area contributed by atoms with Crippen LogP contribution in [0.4, 0.5) is 5.13 Å². The molecule has 0 radical (unpaired) electrons. The predicted octanol–water partition coefficient (Wildman–Crippen LogP) is 5.16. The number of rotatable bonds is 7. The van der Waals surface area contributed by atoms with E-state index in [4.69, 9.17) is 0 Å². The molecule has 0 aliphatic carbocycles. The molecule has 1 N–H and O–H groups in total. The van der Waals surface area contributed by atoms with E-state index in [2.05, 4.69) is 41.5 Å². The lowest BCUT2D eigenvalue weighted by Gasteiger charge is -2.15. The van der Waals surface area contributed by atoms with Gasteiger partial charge in [0.15, 0.2) is 0 Å². The largest absolute Gasteiger partial charge is 0.253 e. The number of sulfonamides is 1. The highest BCUT2D eigenvalue weighted by Crippen LogP contribution is 2.27. The molecular formula is C23H26N4O2S2. The Morgan fingerprint density at radius 2 is 1.74 bits per heavy atom. The Balaban J connectivity index is 1.40. The molecule has 1 saturated heterocycles. The average Bonchev–Trinajstić information content (AvgIpc) is 3.47. The number of hydrogen-bond acceptors (Lipinski definition) is 6. The second kappa shape index (κ2) is 9.30. The van der Waals surface area contributed by atoms with Gasteiger partial charge in [0, 0.05) is 24.0 Å². The summed E-state index contributed by atoms with van der Waals surface area (Å²) in [7, 11) is -3.39. The molecule has 1 aromatic heterocycles. The number of aromatic nitrogens is 1. The van der Waals surface area contributed by atoms with Crippen LogP contribution in [0.5, 0.6) is 0 Å². The quantitative estimate of drug-likeness (QED) is 0.395. The molecular weight excluding hydrogens is 428 g/mol. The van der Waals surface area contributed by atoms with Gasteiger partial charge in [0.25, 0.3) is 0 Å². The van der Waals surface area contributed by atoms with Crippen molar-refractivity contribution in [3.05, 3.63) is 65.0 Å². The molecule has 3 aromatic rings. The Labute approximate surface area is 187 Å². The maximum Gasteiger partial charge on any atom is 0.243 e. The van der Waals surface area contributed by atoms with Crippen LogP contribution in [-0.4, -0.2) is 37.0 Å². The fourth-order valence-electron chi connectivity index (χ4n) is 3.46. The zero-order chi connectivity index (χ0) is 21.8. The molecule has 0 spiro atoms. The van der Waals surface area contributed by atoms with Crippen LogP contribution in [0, 0.1) is 0 Å². The first-order chi connectivity index (χ1) is 14.9.